The minimum absolute atomic E-state index is 0.0157. The lowest BCUT2D eigenvalue weighted by molar-refractivity contribution is -0.162. The van der Waals surface area contributed by atoms with Gasteiger partial charge in [0.2, 0.25) is 0 Å². The van der Waals surface area contributed by atoms with Crippen molar-refractivity contribution in [3.05, 3.63) is 59.7 Å². The number of nitrogens with one attached hydrogen (secondary N) is 1. The van der Waals surface area contributed by atoms with E-state index in [1.807, 2.05) is 34.1 Å². The van der Waals surface area contributed by atoms with Gasteiger partial charge in [-0.05, 0) is 98.7 Å². The van der Waals surface area contributed by atoms with Crippen molar-refractivity contribution in [1.82, 2.24) is 24.9 Å². The molecule has 0 spiro atoms. The summed E-state index contributed by atoms with van der Waals surface area (Å²) in [6.45, 7) is 7.53. The zero-order chi connectivity index (χ0) is 36.8. The van der Waals surface area contributed by atoms with Crippen LogP contribution in [0.2, 0.25) is 0 Å². The van der Waals surface area contributed by atoms with Crippen LogP contribution in [0.25, 0.3) is 0 Å². The molecule has 4 amide bonds. The lowest BCUT2D eigenvalue weighted by Gasteiger charge is -2.46. The molecule has 3 heterocycles. The van der Waals surface area contributed by atoms with Crippen molar-refractivity contribution >= 4 is 23.6 Å². The molecule has 0 radical (unpaired) electrons. The second-order valence-corrected chi connectivity index (χ2v) is 16.1. The third-order valence-corrected chi connectivity index (χ3v) is 11.7. The van der Waals surface area contributed by atoms with E-state index in [9.17, 15) is 29.4 Å². The van der Waals surface area contributed by atoms with Gasteiger partial charge in [-0.1, -0.05) is 63.8 Å². The van der Waals surface area contributed by atoms with Gasteiger partial charge in [0.05, 0.1) is 12.1 Å². The average molecular weight is 716 g/mol. The molecule has 0 aromatic heterocycles. The van der Waals surface area contributed by atoms with Crippen molar-refractivity contribution in [3.63, 3.8) is 0 Å². The van der Waals surface area contributed by atoms with Gasteiger partial charge >= 0.3 is 23.6 Å². The van der Waals surface area contributed by atoms with E-state index in [0.717, 1.165) is 62.6 Å². The largest absolute Gasteiger partial charge is 0.508 e. The summed E-state index contributed by atoms with van der Waals surface area (Å²) in [5.41, 5.74) is 1.99. The van der Waals surface area contributed by atoms with Crippen LogP contribution in [0.1, 0.15) is 82.8 Å². The van der Waals surface area contributed by atoms with Crippen LogP contribution in [0.3, 0.4) is 0 Å². The number of aromatic hydroxyl groups is 2. The van der Waals surface area contributed by atoms with E-state index in [4.69, 9.17) is 0 Å². The van der Waals surface area contributed by atoms with Crippen molar-refractivity contribution in [1.29, 1.82) is 0 Å². The van der Waals surface area contributed by atoms with E-state index in [0.29, 0.717) is 51.5 Å². The number of amides is 4. The molecule has 4 fully saturated rings. The number of phenols is 2. The van der Waals surface area contributed by atoms with Crippen molar-refractivity contribution in [2.24, 2.45) is 11.8 Å². The normalized spacial score (nSPS) is 24.4. The van der Waals surface area contributed by atoms with Crippen LogP contribution in [0.4, 0.5) is 0 Å². The van der Waals surface area contributed by atoms with E-state index < -0.39 is 23.6 Å². The zero-order valence-electron chi connectivity index (χ0n) is 30.9. The van der Waals surface area contributed by atoms with Crippen molar-refractivity contribution in [3.8, 4) is 11.5 Å². The molecule has 6 rings (SSSR count). The van der Waals surface area contributed by atoms with Crippen LogP contribution in [0.5, 0.6) is 11.5 Å². The van der Waals surface area contributed by atoms with E-state index in [-0.39, 0.29) is 41.6 Å². The molecule has 11 heteroatoms. The number of carbonyl (C=O) groups is 4. The Morgan fingerprint density at radius 1 is 0.692 bits per heavy atom. The maximum Gasteiger partial charge on any atom is 0.312 e. The molecular weight excluding hydrogens is 658 g/mol. The van der Waals surface area contributed by atoms with Crippen molar-refractivity contribution in [2.45, 2.75) is 109 Å². The lowest BCUT2D eigenvalue weighted by Crippen LogP contribution is -2.65. The van der Waals surface area contributed by atoms with Gasteiger partial charge < -0.3 is 30.2 Å². The van der Waals surface area contributed by atoms with Gasteiger partial charge in [-0.25, -0.2) is 0 Å². The SMILES string of the molecule is CC(C)C[C@@H](CN1CCC[C@H]1CN1C(=O)C(=O)NC[C@@H]1Cc1ccc(O)cc1)N1C[C@H](Cc2ccc(O)cc2)N(CC2CCCCCC2)C(=O)C1=O. The summed E-state index contributed by atoms with van der Waals surface area (Å²) in [5.74, 6) is -0.886. The van der Waals surface area contributed by atoms with E-state index >= 15 is 0 Å². The van der Waals surface area contributed by atoms with Crippen molar-refractivity contribution < 1.29 is 29.4 Å². The number of hydrogen-bond acceptors (Lipinski definition) is 7. The number of piperazine rings is 2. The van der Waals surface area contributed by atoms with Crippen LogP contribution in [-0.4, -0.2) is 117 Å². The Bertz CT molecular complexity index is 1540. The smallest absolute Gasteiger partial charge is 0.312 e. The highest BCUT2D eigenvalue weighted by Crippen LogP contribution is 2.30. The highest BCUT2D eigenvalue weighted by Gasteiger charge is 2.44. The molecule has 0 bridgehead atoms. The highest BCUT2D eigenvalue weighted by molar-refractivity contribution is 6.36. The number of likely N-dealkylation sites (tertiary alicyclic amines) is 1. The number of hydrogen-bond donors (Lipinski definition) is 3. The minimum Gasteiger partial charge on any atom is -0.508 e. The first kappa shape index (κ1) is 37.6. The summed E-state index contributed by atoms with van der Waals surface area (Å²) in [6.07, 6.45) is 10.6. The second-order valence-electron chi connectivity index (χ2n) is 16.1. The Kier molecular flexibility index (Phi) is 12.4. The average Bonchev–Trinajstić information content (AvgIpc) is 3.39. The van der Waals surface area contributed by atoms with Crippen molar-refractivity contribution in [2.75, 3.05) is 39.3 Å². The summed E-state index contributed by atoms with van der Waals surface area (Å²) >= 11 is 0. The van der Waals surface area contributed by atoms with Gasteiger partial charge in [0.25, 0.3) is 0 Å². The molecule has 282 valence electrons. The lowest BCUT2D eigenvalue weighted by atomic mass is 9.94. The second kappa shape index (κ2) is 17.1. The third-order valence-electron chi connectivity index (χ3n) is 11.7. The molecule has 52 heavy (non-hydrogen) atoms. The Balaban J connectivity index is 1.20. The molecular formula is C41H57N5O6. The van der Waals surface area contributed by atoms with Gasteiger partial charge in [-0.3, -0.25) is 24.1 Å². The van der Waals surface area contributed by atoms with Gasteiger partial charge in [-0.15, -0.1) is 0 Å². The Labute approximate surface area is 308 Å². The van der Waals surface area contributed by atoms with E-state index in [1.54, 1.807) is 29.2 Å². The Morgan fingerprint density at radius 2 is 1.29 bits per heavy atom. The first-order valence-electron chi connectivity index (χ1n) is 19.6. The molecule has 3 aliphatic heterocycles. The number of nitrogens with zero attached hydrogens (tertiary/aromatic N) is 4. The number of rotatable bonds is 13. The summed E-state index contributed by atoms with van der Waals surface area (Å²) < 4.78 is 0. The molecule has 3 saturated heterocycles. The molecule has 0 unspecified atom stereocenters. The monoisotopic (exact) mass is 715 g/mol. The fourth-order valence-electron chi connectivity index (χ4n) is 8.97. The number of benzene rings is 2. The zero-order valence-corrected chi connectivity index (χ0v) is 30.9. The molecule has 4 atom stereocenters. The summed E-state index contributed by atoms with van der Waals surface area (Å²) in [5, 5.41) is 22.5. The maximum absolute atomic E-state index is 14.2. The van der Waals surface area contributed by atoms with Crippen LogP contribution in [0.15, 0.2) is 48.5 Å². The fourth-order valence-corrected chi connectivity index (χ4v) is 8.97. The van der Waals surface area contributed by atoms with E-state index in [1.165, 1.54) is 12.8 Å². The maximum atomic E-state index is 14.2. The molecule has 1 saturated carbocycles. The summed E-state index contributed by atoms with van der Waals surface area (Å²) in [6, 6.07) is 13.6. The molecule has 4 aliphatic rings. The minimum atomic E-state index is -0.588. The molecule has 2 aromatic carbocycles. The predicted molar refractivity (Wildman–Crippen MR) is 198 cm³/mol. The highest BCUT2D eigenvalue weighted by atomic mass is 16.3. The first-order chi connectivity index (χ1) is 25.0. The summed E-state index contributed by atoms with van der Waals surface area (Å²) in [7, 11) is 0. The van der Waals surface area contributed by atoms with Crippen LogP contribution in [-0.2, 0) is 32.0 Å². The third kappa shape index (κ3) is 9.26. The Hall–Kier alpha value is -4.12. The van der Waals surface area contributed by atoms with Gasteiger partial charge in [0, 0.05) is 44.8 Å². The Morgan fingerprint density at radius 3 is 1.90 bits per heavy atom. The van der Waals surface area contributed by atoms with Crippen LogP contribution in [0, 0.1) is 11.8 Å². The van der Waals surface area contributed by atoms with Gasteiger partial charge in [-0.2, -0.15) is 0 Å². The molecule has 2 aromatic rings. The molecule has 3 N–H and O–H groups in total. The van der Waals surface area contributed by atoms with Crippen LogP contribution >= 0.6 is 0 Å². The summed E-state index contributed by atoms with van der Waals surface area (Å²) in [4.78, 5) is 62.0. The fraction of sp³-hybridized carbons (Fsp3) is 0.610. The molecule has 11 nitrogen and oxygen atoms in total. The van der Waals surface area contributed by atoms with Gasteiger partial charge in [0.1, 0.15) is 11.5 Å². The molecule has 1 aliphatic carbocycles. The topological polar surface area (TPSA) is 134 Å². The van der Waals surface area contributed by atoms with Gasteiger partial charge in [0.15, 0.2) is 0 Å². The first-order valence-corrected chi connectivity index (χ1v) is 19.6. The predicted octanol–water partition coefficient (Wildman–Crippen LogP) is 4.10. The standard InChI is InChI=1S/C41H57N5O6/c1-28(2)20-34(25-43-19-7-10-32(43)26-45-33(23-42-38(49)39(45)50)21-29-11-15-36(47)16-12-29)46-27-35(22-30-13-17-37(48)18-14-30)44(40(51)41(46)52)24-31-8-5-3-4-6-9-31/h11-18,28,31-35,47-48H,3-10,19-27H2,1-2H3,(H,42,49)/t32-,33-,34-,35-/m0/s1. The quantitative estimate of drug-likeness (QED) is 0.210. The number of carbonyl (C=O) groups excluding carboxylic acids is 4. The number of phenolic OH excluding ortho intramolecular Hbond substituents is 2. The van der Waals surface area contributed by atoms with Crippen LogP contribution < -0.4 is 5.32 Å². The van der Waals surface area contributed by atoms with E-state index in [2.05, 4.69) is 24.1 Å².